The molecule has 0 aromatic carbocycles. The number of carbonyl (C=O) groups excluding carboxylic acids is 1. The van der Waals surface area contributed by atoms with Crippen LogP contribution in [0, 0.1) is 6.92 Å². The molecule has 1 N–H and O–H groups in total. The molecule has 0 unspecified atom stereocenters. The maximum Gasteiger partial charge on any atom is 0.492 e. The van der Waals surface area contributed by atoms with Crippen LogP contribution in [0.25, 0.3) is 6.08 Å². The van der Waals surface area contributed by atoms with E-state index in [-0.39, 0.29) is 6.54 Å². The van der Waals surface area contributed by atoms with Gasteiger partial charge in [-0.2, -0.15) is 0 Å². The molecule has 1 aromatic heterocycles. The fourth-order valence-corrected chi connectivity index (χ4v) is 2.53. The Hall–Kier alpha value is -1.86. The zero-order valence-electron chi connectivity index (χ0n) is 17.7. The quantitative estimate of drug-likeness (QED) is 0.809. The van der Waals surface area contributed by atoms with Crippen LogP contribution in [0.5, 0.6) is 0 Å². The van der Waals surface area contributed by atoms with E-state index in [2.05, 4.69) is 10.3 Å². The van der Waals surface area contributed by atoms with Crippen molar-refractivity contribution in [2.45, 2.75) is 72.2 Å². The lowest BCUT2D eigenvalue weighted by Crippen LogP contribution is -2.41. The van der Waals surface area contributed by atoms with Crippen LogP contribution in [0.2, 0.25) is 0 Å². The smallest absolute Gasteiger partial charge is 0.444 e. The van der Waals surface area contributed by atoms with Crippen molar-refractivity contribution >= 4 is 19.3 Å². The Morgan fingerprint density at radius 3 is 2.37 bits per heavy atom. The van der Waals surface area contributed by atoms with E-state index in [1.54, 1.807) is 12.4 Å². The molecule has 0 spiro atoms. The molecule has 0 radical (unpaired) electrons. The average molecular weight is 374 g/mol. The van der Waals surface area contributed by atoms with E-state index in [4.69, 9.17) is 14.0 Å². The molecule has 1 aliphatic heterocycles. The van der Waals surface area contributed by atoms with Gasteiger partial charge in [0.25, 0.3) is 0 Å². The van der Waals surface area contributed by atoms with Gasteiger partial charge >= 0.3 is 13.2 Å². The lowest BCUT2D eigenvalue weighted by atomic mass is 9.76. The van der Waals surface area contributed by atoms with Crippen LogP contribution in [0.4, 0.5) is 4.79 Å². The highest BCUT2D eigenvalue weighted by Gasteiger charge is 2.52. The van der Waals surface area contributed by atoms with Crippen molar-refractivity contribution in [2.24, 2.45) is 0 Å². The van der Waals surface area contributed by atoms with E-state index in [1.165, 1.54) is 0 Å². The van der Waals surface area contributed by atoms with E-state index < -0.39 is 30.0 Å². The maximum atomic E-state index is 12.1. The van der Waals surface area contributed by atoms with Crippen molar-refractivity contribution in [1.82, 2.24) is 10.3 Å². The van der Waals surface area contributed by atoms with Crippen molar-refractivity contribution in [1.29, 1.82) is 0 Å². The second kappa shape index (κ2) is 7.64. The van der Waals surface area contributed by atoms with Gasteiger partial charge in [-0.05, 0) is 78.1 Å². The van der Waals surface area contributed by atoms with Crippen LogP contribution in [0.1, 0.15) is 59.6 Å². The monoisotopic (exact) mass is 374 g/mol. The molecule has 1 saturated heterocycles. The fraction of sp³-hybridized carbons (Fsp3) is 0.600. The molecule has 0 bridgehead atoms. The first-order valence-corrected chi connectivity index (χ1v) is 9.24. The van der Waals surface area contributed by atoms with Crippen molar-refractivity contribution in [3.05, 3.63) is 35.1 Å². The summed E-state index contributed by atoms with van der Waals surface area (Å²) in [5, 5.41) is 2.81. The van der Waals surface area contributed by atoms with Crippen LogP contribution in [-0.4, -0.2) is 41.5 Å². The molecule has 0 atom stereocenters. The number of aromatic nitrogens is 1. The summed E-state index contributed by atoms with van der Waals surface area (Å²) in [6.07, 6.45) is 5.05. The molecule has 1 aromatic rings. The third-order valence-electron chi connectivity index (χ3n) is 4.80. The van der Waals surface area contributed by atoms with E-state index in [9.17, 15) is 4.79 Å². The highest BCUT2D eigenvalue weighted by atomic mass is 16.7. The summed E-state index contributed by atoms with van der Waals surface area (Å²) in [4.78, 5) is 16.2. The number of aryl methyl sites for hydroxylation is 1. The number of amides is 1. The molecule has 7 heteroatoms. The van der Waals surface area contributed by atoms with Crippen LogP contribution >= 0.6 is 0 Å². The SMILES string of the molecule is Cc1cnccc1C=C(CNC(=O)OC(C)(C)C)B1OC(C)(C)C(C)(C)O1. The molecule has 2 heterocycles. The van der Waals surface area contributed by atoms with E-state index in [1.807, 2.05) is 67.5 Å². The Morgan fingerprint density at radius 1 is 1.26 bits per heavy atom. The first-order valence-electron chi connectivity index (χ1n) is 9.24. The normalized spacial score (nSPS) is 19.1. The third kappa shape index (κ3) is 5.56. The van der Waals surface area contributed by atoms with Crippen molar-refractivity contribution in [3.8, 4) is 0 Å². The molecular weight excluding hydrogens is 343 g/mol. The third-order valence-corrected chi connectivity index (χ3v) is 4.80. The molecule has 27 heavy (non-hydrogen) atoms. The predicted octanol–water partition coefficient (Wildman–Crippen LogP) is 3.93. The summed E-state index contributed by atoms with van der Waals surface area (Å²) >= 11 is 0. The number of nitrogens with zero attached hydrogens (tertiary/aromatic N) is 1. The molecule has 1 amide bonds. The predicted molar refractivity (Wildman–Crippen MR) is 107 cm³/mol. The number of pyridine rings is 1. The van der Waals surface area contributed by atoms with Crippen LogP contribution in [0.3, 0.4) is 0 Å². The highest BCUT2D eigenvalue weighted by molar-refractivity contribution is 6.56. The van der Waals surface area contributed by atoms with E-state index >= 15 is 0 Å². The summed E-state index contributed by atoms with van der Waals surface area (Å²) in [6.45, 7) is 15.8. The zero-order chi connectivity index (χ0) is 20.5. The summed E-state index contributed by atoms with van der Waals surface area (Å²) in [6, 6.07) is 1.92. The number of ether oxygens (including phenoxy) is 1. The topological polar surface area (TPSA) is 69.7 Å². The van der Waals surface area contributed by atoms with E-state index in [0.717, 1.165) is 16.6 Å². The Kier molecular flexibility index (Phi) is 6.07. The number of rotatable bonds is 4. The zero-order valence-corrected chi connectivity index (χ0v) is 17.7. The number of hydrogen-bond donors (Lipinski definition) is 1. The second-order valence-electron chi connectivity index (χ2n) is 8.90. The summed E-state index contributed by atoms with van der Waals surface area (Å²) in [5.74, 6) is 0. The van der Waals surface area contributed by atoms with Gasteiger partial charge in [0, 0.05) is 18.9 Å². The minimum absolute atomic E-state index is 0.257. The molecule has 0 saturated carbocycles. The van der Waals surface area contributed by atoms with E-state index in [0.29, 0.717) is 0 Å². The Labute approximate surface area is 162 Å². The fourth-order valence-electron chi connectivity index (χ4n) is 2.53. The van der Waals surface area contributed by atoms with Crippen molar-refractivity contribution in [3.63, 3.8) is 0 Å². The molecular formula is C20H31BN2O4. The van der Waals surface area contributed by atoms with Gasteiger partial charge in [0.05, 0.1) is 11.2 Å². The van der Waals surface area contributed by atoms with Crippen LogP contribution in [-0.2, 0) is 14.0 Å². The number of carbonyl (C=O) groups is 1. The number of alkyl carbamates (subject to hydrolysis) is 1. The second-order valence-corrected chi connectivity index (χ2v) is 8.90. The molecule has 0 aliphatic carbocycles. The summed E-state index contributed by atoms with van der Waals surface area (Å²) < 4.78 is 17.7. The number of hydrogen-bond acceptors (Lipinski definition) is 5. The largest absolute Gasteiger partial charge is 0.492 e. The standard InChI is InChI=1S/C20H31BN2O4/c1-14-12-22-10-9-15(14)11-16(13-23-17(24)25-18(2,3)4)21-26-19(5,6)20(7,8)27-21/h9-12H,13H2,1-8H3,(H,23,24). The summed E-state index contributed by atoms with van der Waals surface area (Å²) in [7, 11) is -0.558. The molecule has 6 nitrogen and oxygen atoms in total. The average Bonchev–Trinajstić information content (AvgIpc) is 2.71. The van der Waals surface area contributed by atoms with Gasteiger partial charge in [0.1, 0.15) is 5.60 Å². The molecule has 1 aliphatic rings. The first kappa shape index (κ1) is 21.4. The van der Waals surface area contributed by atoms with Gasteiger partial charge in [-0.3, -0.25) is 4.98 Å². The Balaban J connectivity index is 2.25. The van der Waals surface area contributed by atoms with Gasteiger partial charge in [-0.25, -0.2) is 4.79 Å². The van der Waals surface area contributed by atoms with Crippen LogP contribution in [0.15, 0.2) is 23.9 Å². The van der Waals surface area contributed by atoms with Crippen molar-refractivity contribution < 1.29 is 18.8 Å². The van der Waals surface area contributed by atoms with Gasteiger partial charge in [0.2, 0.25) is 0 Å². The molecule has 1 fully saturated rings. The van der Waals surface area contributed by atoms with Crippen LogP contribution < -0.4 is 5.32 Å². The number of nitrogens with one attached hydrogen (secondary N) is 1. The van der Waals surface area contributed by atoms with Gasteiger partial charge in [-0.15, -0.1) is 0 Å². The maximum absolute atomic E-state index is 12.1. The van der Waals surface area contributed by atoms with Crippen molar-refractivity contribution in [2.75, 3.05) is 6.54 Å². The highest BCUT2D eigenvalue weighted by Crippen LogP contribution is 2.38. The molecule has 148 valence electrons. The minimum Gasteiger partial charge on any atom is -0.444 e. The minimum atomic E-state index is -0.558. The first-order chi connectivity index (χ1) is 12.3. The summed E-state index contributed by atoms with van der Waals surface area (Å²) in [5.41, 5.74) is 1.37. The lowest BCUT2D eigenvalue weighted by molar-refractivity contribution is 0.00578. The van der Waals surface area contributed by atoms with Gasteiger partial charge in [-0.1, -0.05) is 6.08 Å². The Morgan fingerprint density at radius 2 is 1.85 bits per heavy atom. The molecule has 2 rings (SSSR count). The Bertz CT molecular complexity index is 707. The van der Waals surface area contributed by atoms with Gasteiger partial charge in [0.15, 0.2) is 0 Å². The van der Waals surface area contributed by atoms with Gasteiger partial charge < -0.3 is 19.4 Å². The lowest BCUT2D eigenvalue weighted by Gasteiger charge is -2.32.